The Morgan fingerprint density at radius 3 is 2.46 bits per heavy atom. The van der Waals surface area contributed by atoms with Gasteiger partial charge in [-0.3, -0.25) is 9.69 Å². The van der Waals surface area contributed by atoms with E-state index >= 15 is 0 Å². The van der Waals surface area contributed by atoms with Crippen LogP contribution in [0.4, 0.5) is 5.13 Å². The monoisotopic (exact) mass is 537 g/mol. The van der Waals surface area contributed by atoms with E-state index in [9.17, 15) is 13.2 Å². The third kappa shape index (κ3) is 5.21. The van der Waals surface area contributed by atoms with Crippen LogP contribution in [0.25, 0.3) is 10.2 Å². The van der Waals surface area contributed by atoms with Gasteiger partial charge in [-0.05, 0) is 85.7 Å². The summed E-state index contributed by atoms with van der Waals surface area (Å²) >= 11 is 1.45. The van der Waals surface area contributed by atoms with Gasteiger partial charge >= 0.3 is 0 Å². The van der Waals surface area contributed by atoms with Crippen molar-refractivity contribution in [3.63, 3.8) is 0 Å². The number of carbonyl (C=O) groups is 1. The van der Waals surface area contributed by atoms with Crippen molar-refractivity contribution in [3.8, 4) is 0 Å². The van der Waals surface area contributed by atoms with Crippen LogP contribution in [-0.2, 0) is 16.6 Å². The topological polar surface area (TPSA) is 83.7 Å². The molecule has 1 aliphatic heterocycles. The van der Waals surface area contributed by atoms with E-state index in [1.54, 1.807) is 33.7 Å². The molecule has 0 spiro atoms. The molecule has 2 atom stereocenters. The number of piperidine rings is 1. The van der Waals surface area contributed by atoms with Crippen LogP contribution >= 0.6 is 11.3 Å². The second-order valence-electron chi connectivity index (χ2n) is 10.2. The Hall–Kier alpha value is -3.01. The molecule has 1 fully saturated rings. The number of aromatic nitrogens is 1. The maximum Gasteiger partial charge on any atom is 0.260 e. The van der Waals surface area contributed by atoms with Gasteiger partial charge in [0, 0.05) is 18.7 Å². The normalized spacial score (nSPS) is 18.8. The largest absolute Gasteiger partial charge is 0.467 e. The Labute approximate surface area is 221 Å². The Bertz CT molecular complexity index is 1520. The second kappa shape index (κ2) is 10.0. The standard InChI is InChI=1S/C28H31N3O4S2/c1-18-13-21(4)26-25(14-18)36-28(29-26)31(17-23-6-5-11-35-23)27(32)22-7-9-24(10-8-22)37(33,34)30-15-19(2)12-20(3)16-30/h5-11,13-14,19-20H,12,15-17H2,1-4H3. The number of rotatable bonds is 6. The van der Waals surface area contributed by atoms with Gasteiger partial charge in [-0.15, -0.1) is 0 Å². The first-order chi connectivity index (χ1) is 17.6. The number of carbonyl (C=O) groups excluding carboxylic acids is 1. The fraction of sp³-hybridized carbons (Fsp3) is 0.357. The van der Waals surface area contributed by atoms with Crippen molar-refractivity contribution in [1.29, 1.82) is 0 Å². The Kier molecular flexibility index (Phi) is 6.95. The maximum absolute atomic E-state index is 13.7. The lowest BCUT2D eigenvalue weighted by molar-refractivity contribution is 0.0983. The summed E-state index contributed by atoms with van der Waals surface area (Å²) in [7, 11) is -3.63. The zero-order chi connectivity index (χ0) is 26.3. The molecule has 2 unspecified atom stereocenters. The molecule has 1 amide bonds. The summed E-state index contributed by atoms with van der Waals surface area (Å²) < 4.78 is 34.7. The van der Waals surface area contributed by atoms with E-state index in [1.165, 1.54) is 23.5 Å². The average molecular weight is 538 g/mol. The molecule has 2 aromatic heterocycles. The van der Waals surface area contributed by atoms with Crippen LogP contribution in [0.1, 0.15) is 47.5 Å². The summed E-state index contributed by atoms with van der Waals surface area (Å²) in [6.07, 6.45) is 2.60. The van der Waals surface area contributed by atoms with Gasteiger partial charge < -0.3 is 4.42 Å². The van der Waals surface area contributed by atoms with Crippen molar-refractivity contribution in [2.45, 2.75) is 45.6 Å². The highest BCUT2D eigenvalue weighted by molar-refractivity contribution is 7.89. The zero-order valence-electron chi connectivity index (χ0n) is 21.5. The summed E-state index contributed by atoms with van der Waals surface area (Å²) in [6.45, 7) is 9.46. The average Bonchev–Trinajstić information content (AvgIpc) is 3.51. The predicted octanol–water partition coefficient (Wildman–Crippen LogP) is 6.02. The number of hydrogen-bond acceptors (Lipinski definition) is 6. The number of aryl methyl sites for hydroxylation is 2. The molecule has 0 aliphatic carbocycles. The van der Waals surface area contributed by atoms with Crippen LogP contribution in [0.15, 0.2) is 64.1 Å². The van der Waals surface area contributed by atoms with Gasteiger partial charge in [0.1, 0.15) is 5.76 Å². The van der Waals surface area contributed by atoms with Crippen molar-refractivity contribution < 1.29 is 17.6 Å². The van der Waals surface area contributed by atoms with E-state index in [0.717, 1.165) is 27.8 Å². The number of benzene rings is 2. The van der Waals surface area contributed by atoms with E-state index < -0.39 is 10.0 Å². The highest BCUT2D eigenvalue weighted by Crippen LogP contribution is 2.34. The van der Waals surface area contributed by atoms with Crippen LogP contribution in [0.5, 0.6) is 0 Å². The molecule has 0 N–H and O–H groups in total. The van der Waals surface area contributed by atoms with Crippen LogP contribution in [-0.4, -0.2) is 36.7 Å². The van der Waals surface area contributed by atoms with Crippen LogP contribution in [0.2, 0.25) is 0 Å². The van der Waals surface area contributed by atoms with Crippen molar-refractivity contribution in [3.05, 3.63) is 77.2 Å². The lowest BCUT2D eigenvalue weighted by atomic mass is 9.94. The van der Waals surface area contributed by atoms with E-state index in [0.29, 0.717) is 41.4 Å². The number of nitrogens with zero attached hydrogens (tertiary/aromatic N) is 3. The molecule has 0 saturated carbocycles. The molecule has 37 heavy (non-hydrogen) atoms. The molecule has 3 heterocycles. The van der Waals surface area contributed by atoms with Crippen LogP contribution in [0, 0.1) is 25.7 Å². The van der Waals surface area contributed by atoms with Gasteiger partial charge in [0.05, 0.1) is 27.9 Å². The molecule has 194 valence electrons. The maximum atomic E-state index is 13.7. The van der Waals surface area contributed by atoms with Gasteiger partial charge in [-0.1, -0.05) is 31.3 Å². The van der Waals surface area contributed by atoms with Crippen molar-refractivity contribution in [2.24, 2.45) is 11.8 Å². The molecule has 2 aromatic carbocycles. The SMILES string of the molecule is Cc1cc(C)c2nc(N(Cc3ccco3)C(=O)c3ccc(S(=O)(=O)N4CC(C)CC(C)C4)cc3)sc2c1. The highest BCUT2D eigenvalue weighted by Gasteiger charge is 2.32. The third-order valence-corrected chi connectivity index (χ3v) is 9.63. The lowest BCUT2D eigenvalue weighted by Gasteiger charge is -2.34. The molecular formula is C28H31N3O4S2. The highest BCUT2D eigenvalue weighted by atomic mass is 32.2. The van der Waals surface area contributed by atoms with E-state index in [-0.39, 0.29) is 17.3 Å². The number of fused-ring (bicyclic) bond motifs is 1. The lowest BCUT2D eigenvalue weighted by Crippen LogP contribution is -2.42. The number of anilines is 1. The van der Waals surface area contributed by atoms with Crippen LogP contribution < -0.4 is 4.90 Å². The number of furan rings is 1. The van der Waals surface area contributed by atoms with Gasteiger partial charge in [0.25, 0.3) is 5.91 Å². The second-order valence-corrected chi connectivity index (χ2v) is 13.1. The summed E-state index contributed by atoms with van der Waals surface area (Å²) in [5, 5.41) is 0.568. The molecular weight excluding hydrogens is 506 g/mol. The molecule has 9 heteroatoms. The van der Waals surface area contributed by atoms with E-state index in [4.69, 9.17) is 9.40 Å². The number of hydrogen-bond donors (Lipinski definition) is 0. The fourth-order valence-corrected chi connectivity index (χ4v) is 7.95. The quantitative estimate of drug-likeness (QED) is 0.300. The predicted molar refractivity (Wildman–Crippen MR) is 146 cm³/mol. The minimum atomic E-state index is -3.63. The van der Waals surface area contributed by atoms with Crippen molar-refractivity contribution >= 4 is 42.6 Å². The van der Waals surface area contributed by atoms with Gasteiger partial charge in [-0.25, -0.2) is 13.4 Å². The Morgan fingerprint density at radius 1 is 1.11 bits per heavy atom. The molecule has 0 radical (unpaired) electrons. The van der Waals surface area contributed by atoms with Gasteiger partial charge in [0.15, 0.2) is 5.13 Å². The summed E-state index contributed by atoms with van der Waals surface area (Å²) in [5.41, 5.74) is 3.45. The Balaban J connectivity index is 1.46. The van der Waals surface area contributed by atoms with E-state index in [2.05, 4.69) is 26.0 Å². The minimum absolute atomic E-state index is 0.203. The first-order valence-corrected chi connectivity index (χ1v) is 14.7. The third-order valence-electron chi connectivity index (χ3n) is 6.76. The van der Waals surface area contributed by atoms with Gasteiger partial charge in [-0.2, -0.15) is 4.31 Å². The fourth-order valence-electron chi connectivity index (χ4n) is 5.14. The zero-order valence-corrected chi connectivity index (χ0v) is 23.1. The first kappa shape index (κ1) is 25.6. The molecule has 0 bridgehead atoms. The van der Waals surface area contributed by atoms with Crippen molar-refractivity contribution in [2.75, 3.05) is 18.0 Å². The molecule has 1 saturated heterocycles. The van der Waals surface area contributed by atoms with Crippen LogP contribution in [0.3, 0.4) is 0 Å². The summed E-state index contributed by atoms with van der Waals surface area (Å²) in [5.74, 6) is 0.994. The van der Waals surface area contributed by atoms with Gasteiger partial charge in [0.2, 0.25) is 10.0 Å². The van der Waals surface area contributed by atoms with E-state index in [1.807, 2.05) is 19.9 Å². The smallest absolute Gasteiger partial charge is 0.260 e. The Morgan fingerprint density at radius 2 is 1.81 bits per heavy atom. The molecule has 7 nitrogen and oxygen atoms in total. The molecule has 4 aromatic rings. The molecule has 5 rings (SSSR count). The number of sulfonamides is 1. The number of amides is 1. The first-order valence-electron chi connectivity index (χ1n) is 12.4. The molecule has 1 aliphatic rings. The van der Waals surface area contributed by atoms with Crippen molar-refractivity contribution in [1.82, 2.24) is 9.29 Å². The summed E-state index contributed by atoms with van der Waals surface area (Å²) in [4.78, 5) is 20.3. The summed E-state index contributed by atoms with van der Waals surface area (Å²) in [6, 6.07) is 14.0. The number of thiazole rings is 1. The minimum Gasteiger partial charge on any atom is -0.467 e.